The third-order valence-corrected chi connectivity index (χ3v) is 4.74. The SMILES string of the molecule is CCN(Cc1ccc2c(c1)OCO2)C(=O)COC(=O)c1cc(-c2ccccc2)n[nH]1. The van der Waals surface area contributed by atoms with Gasteiger partial charge in [0, 0.05) is 18.7 Å². The zero-order valence-corrected chi connectivity index (χ0v) is 16.5. The van der Waals surface area contributed by atoms with E-state index in [0.717, 1.165) is 11.1 Å². The van der Waals surface area contributed by atoms with Crippen molar-refractivity contribution in [2.75, 3.05) is 19.9 Å². The van der Waals surface area contributed by atoms with E-state index in [4.69, 9.17) is 14.2 Å². The van der Waals surface area contributed by atoms with Crippen LogP contribution in [-0.2, 0) is 16.1 Å². The first kappa shape index (κ1) is 19.5. The third kappa shape index (κ3) is 4.27. The van der Waals surface area contributed by atoms with Crippen molar-refractivity contribution in [3.8, 4) is 22.8 Å². The van der Waals surface area contributed by atoms with Crippen LogP contribution in [0, 0.1) is 0 Å². The summed E-state index contributed by atoms with van der Waals surface area (Å²) in [5.41, 5.74) is 2.61. The molecular weight excluding hydrogens is 386 g/mol. The summed E-state index contributed by atoms with van der Waals surface area (Å²) in [5.74, 6) is 0.441. The van der Waals surface area contributed by atoms with Crippen LogP contribution in [0.25, 0.3) is 11.3 Å². The number of rotatable bonds is 7. The van der Waals surface area contributed by atoms with Crippen molar-refractivity contribution in [1.29, 1.82) is 0 Å². The fourth-order valence-electron chi connectivity index (χ4n) is 3.12. The van der Waals surface area contributed by atoms with Crippen molar-refractivity contribution in [2.24, 2.45) is 0 Å². The Hall–Kier alpha value is -3.81. The number of nitrogens with one attached hydrogen (secondary N) is 1. The zero-order chi connectivity index (χ0) is 20.9. The second kappa shape index (κ2) is 8.69. The van der Waals surface area contributed by atoms with E-state index in [0.29, 0.717) is 30.3 Å². The molecule has 0 aliphatic carbocycles. The smallest absolute Gasteiger partial charge is 0.356 e. The van der Waals surface area contributed by atoms with Gasteiger partial charge in [0.2, 0.25) is 6.79 Å². The number of hydrogen-bond donors (Lipinski definition) is 1. The van der Waals surface area contributed by atoms with Gasteiger partial charge < -0.3 is 19.1 Å². The Bertz CT molecular complexity index is 1050. The Kier molecular flexibility index (Phi) is 5.65. The molecule has 0 bridgehead atoms. The Morgan fingerprint density at radius 2 is 1.90 bits per heavy atom. The van der Waals surface area contributed by atoms with Crippen LogP contribution >= 0.6 is 0 Å². The van der Waals surface area contributed by atoms with E-state index in [1.54, 1.807) is 11.0 Å². The zero-order valence-electron chi connectivity index (χ0n) is 16.5. The summed E-state index contributed by atoms with van der Waals surface area (Å²) in [7, 11) is 0. The van der Waals surface area contributed by atoms with Crippen molar-refractivity contribution in [3.05, 3.63) is 65.9 Å². The molecule has 30 heavy (non-hydrogen) atoms. The summed E-state index contributed by atoms with van der Waals surface area (Å²) in [6.07, 6.45) is 0. The van der Waals surface area contributed by atoms with Crippen LogP contribution in [-0.4, -0.2) is 46.9 Å². The van der Waals surface area contributed by atoms with E-state index in [1.165, 1.54) is 0 Å². The number of nitrogens with zero attached hydrogens (tertiary/aromatic N) is 2. The number of aromatic nitrogens is 2. The molecule has 0 saturated heterocycles. The molecule has 3 aromatic rings. The second-order valence-corrected chi connectivity index (χ2v) is 6.70. The molecule has 1 N–H and O–H groups in total. The number of carbonyl (C=O) groups is 2. The molecule has 4 rings (SSSR count). The van der Waals surface area contributed by atoms with Gasteiger partial charge in [-0.15, -0.1) is 0 Å². The van der Waals surface area contributed by atoms with Crippen LogP contribution in [0.5, 0.6) is 11.5 Å². The largest absolute Gasteiger partial charge is 0.454 e. The topological polar surface area (TPSA) is 93.8 Å². The summed E-state index contributed by atoms with van der Waals surface area (Å²) in [6.45, 7) is 2.58. The maximum Gasteiger partial charge on any atom is 0.356 e. The Morgan fingerprint density at radius 1 is 1.10 bits per heavy atom. The highest BCUT2D eigenvalue weighted by molar-refractivity contribution is 5.90. The maximum atomic E-state index is 12.5. The number of esters is 1. The average Bonchev–Trinajstić information content (AvgIpc) is 3.45. The van der Waals surface area contributed by atoms with Crippen molar-refractivity contribution in [1.82, 2.24) is 15.1 Å². The number of ether oxygens (including phenoxy) is 3. The van der Waals surface area contributed by atoms with Crippen LogP contribution < -0.4 is 9.47 Å². The van der Waals surface area contributed by atoms with E-state index in [2.05, 4.69) is 10.2 Å². The van der Waals surface area contributed by atoms with E-state index in [1.807, 2.05) is 55.5 Å². The van der Waals surface area contributed by atoms with Crippen LogP contribution in [0.15, 0.2) is 54.6 Å². The lowest BCUT2D eigenvalue weighted by molar-refractivity contribution is -0.135. The molecule has 8 nitrogen and oxygen atoms in total. The van der Waals surface area contributed by atoms with Gasteiger partial charge in [-0.25, -0.2) is 4.79 Å². The molecule has 2 heterocycles. The predicted molar refractivity (Wildman–Crippen MR) is 108 cm³/mol. The molecule has 2 aromatic carbocycles. The van der Waals surface area contributed by atoms with Crippen molar-refractivity contribution < 1.29 is 23.8 Å². The maximum absolute atomic E-state index is 12.5. The van der Waals surface area contributed by atoms with Gasteiger partial charge >= 0.3 is 5.97 Å². The molecule has 1 amide bonds. The summed E-state index contributed by atoms with van der Waals surface area (Å²) in [5, 5.41) is 6.79. The standard InChI is InChI=1S/C22H21N3O5/c1-2-25(12-15-8-9-19-20(10-15)30-14-29-19)21(26)13-28-22(27)18-11-17(23-24-18)16-6-4-3-5-7-16/h3-11H,2,12-14H2,1H3,(H,23,24). The number of fused-ring (bicyclic) bond motifs is 1. The Morgan fingerprint density at radius 3 is 2.70 bits per heavy atom. The minimum atomic E-state index is -0.628. The van der Waals surface area contributed by atoms with Gasteiger partial charge in [-0.1, -0.05) is 36.4 Å². The van der Waals surface area contributed by atoms with Gasteiger partial charge in [-0.05, 0) is 30.7 Å². The molecule has 1 aromatic heterocycles. The van der Waals surface area contributed by atoms with E-state index < -0.39 is 5.97 Å². The highest BCUT2D eigenvalue weighted by Crippen LogP contribution is 2.32. The van der Waals surface area contributed by atoms with Gasteiger partial charge in [-0.3, -0.25) is 9.89 Å². The molecule has 154 valence electrons. The van der Waals surface area contributed by atoms with E-state index in [-0.39, 0.29) is 25.0 Å². The minimum absolute atomic E-state index is 0.195. The minimum Gasteiger partial charge on any atom is -0.454 e. The number of benzene rings is 2. The molecule has 0 spiro atoms. The lowest BCUT2D eigenvalue weighted by Crippen LogP contribution is -2.34. The molecule has 1 aliphatic rings. The van der Waals surface area contributed by atoms with Crippen molar-refractivity contribution >= 4 is 11.9 Å². The molecule has 0 radical (unpaired) electrons. The number of hydrogen-bond acceptors (Lipinski definition) is 6. The summed E-state index contributed by atoms with van der Waals surface area (Å²) >= 11 is 0. The van der Waals surface area contributed by atoms with Crippen LogP contribution in [0.1, 0.15) is 23.0 Å². The van der Waals surface area contributed by atoms with Gasteiger partial charge in [0.1, 0.15) is 5.69 Å². The number of amides is 1. The number of aromatic amines is 1. The molecule has 0 saturated carbocycles. The van der Waals surface area contributed by atoms with Crippen LogP contribution in [0.2, 0.25) is 0 Å². The molecule has 0 fully saturated rings. The Labute approximate surface area is 173 Å². The van der Waals surface area contributed by atoms with Crippen LogP contribution in [0.4, 0.5) is 0 Å². The molecule has 0 unspecified atom stereocenters. The summed E-state index contributed by atoms with van der Waals surface area (Å²) < 4.78 is 15.9. The summed E-state index contributed by atoms with van der Waals surface area (Å²) in [6, 6.07) is 16.6. The molecule has 8 heteroatoms. The van der Waals surface area contributed by atoms with Gasteiger partial charge in [0.25, 0.3) is 5.91 Å². The Balaban J connectivity index is 1.34. The number of H-pyrrole nitrogens is 1. The van der Waals surface area contributed by atoms with Crippen molar-refractivity contribution in [2.45, 2.75) is 13.5 Å². The van der Waals surface area contributed by atoms with E-state index in [9.17, 15) is 9.59 Å². The summed E-state index contributed by atoms with van der Waals surface area (Å²) in [4.78, 5) is 26.4. The first-order valence-electron chi connectivity index (χ1n) is 9.58. The van der Waals surface area contributed by atoms with Gasteiger partial charge in [0.05, 0.1) is 5.69 Å². The van der Waals surface area contributed by atoms with Crippen molar-refractivity contribution in [3.63, 3.8) is 0 Å². The fraction of sp³-hybridized carbons (Fsp3) is 0.227. The number of likely N-dealkylation sites (N-methyl/N-ethyl adjacent to an activating group) is 1. The highest BCUT2D eigenvalue weighted by atomic mass is 16.7. The fourth-order valence-corrected chi connectivity index (χ4v) is 3.12. The van der Waals surface area contributed by atoms with Gasteiger partial charge in [-0.2, -0.15) is 5.10 Å². The molecule has 1 aliphatic heterocycles. The monoisotopic (exact) mass is 407 g/mol. The molecule has 0 atom stereocenters. The normalized spacial score (nSPS) is 11.9. The first-order chi connectivity index (χ1) is 14.6. The first-order valence-corrected chi connectivity index (χ1v) is 9.58. The van der Waals surface area contributed by atoms with E-state index >= 15 is 0 Å². The molecular formula is C22H21N3O5. The number of carbonyl (C=O) groups excluding carboxylic acids is 2. The highest BCUT2D eigenvalue weighted by Gasteiger charge is 2.19. The lowest BCUT2D eigenvalue weighted by Gasteiger charge is -2.21. The average molecular weight is 407 g/mol. The van der Waals surface area contributed by atoms with Crippen LogP contribution in [0.3, 0.4) is 0 Å². The van der Waals surface area contributed by atoms with Gasteiger partial charge in [0.15, 0.2) is 18.1 Å². The second-order valence-electron chi connectivity index (χ2n) is 6.70. The third-order valence-electron chi connectivity index (χ3n) is 4.74. The predicted octanol–water partition coefficient (Wildman–Crippen LogP) is 3.01. The quantitative estimate of drug-likeness (QED) is 0.605. The lowest BCUT2D eigenvalue weighted by atomic mass is 10.1.